The molecule has 128 valence electrons. The summed E-state index contributed by atoms with van der Waals surface area (Å²) in [5.74, 6) is 0. The first kappa shape index (κ1) is 16.8. The molecule has 6 heteroatoms. The molecule has 0 amide bonds. The number of benzene rings is 2. The van der Waals surface area contributed by atoms with Crippen molar-refractivity contribution < 1.29 is 4.80 Å². The minimum Gasteiger partial charge on any atom is -0.371 e. The standard InChI is InChI=1S/C19H22N6/c1-13(2)21-12-16-11-14(3)10-15(4)18(16)24-19(20)22-25(23-24)17-8-6-5-7-9-17/h5-11,20H,12H2,1-4H3. The largest absolute Gasteiger partial charge is 0.371 e. The molecule has 0 fully saturated rings. The lowest BCUT2D eigenvalue weighted by molar-refractivity contribution is -0.723. The first-order valence-electron chi connectivity index (χ1n) is 8.20. The third-order valence-corrected chi connectivity index (χ3v) is 3.85. The van der Waals surface area contributed by atoms with Gasteiger partial charge in [-0.1, -0.05) is 35.9 Å². The minimum atomic E-state index is 0.0919. The Balaban J connectivity index is 2.15. The van der Waals surface area contributed by atoms with Gasteiger partial charge >= 0.3 is 0 Å². The second-order valence-corrected chi connectivity index (χ2v) is 6.30. The maximum atomic E-state index is 8.27. The second kappa shape index (κ2) is 6.84. The Hall–Kier alpha value is -3.02. The molecule has 0 aliphatic rings. The Kier molecular flexibility index (Phi) is 4.61. The van der Waals surface area contributed by atoms with Crippen LogP contribution in [0.4, 0.5) is 0 Å². The van der Waals surface area contributed by atoms with Crippen molar-refractivity contribution in [1.29, 1.82) is 5.41 Å². The number of hydrogen-bond donors (Lipinski definition) is 1. The molecular weight excluding hydrogens is 312 g/mol. The molecule has 0 radical (unpaired) electrons. The molecule has 2 aromatic carbocycles. The van der Waals surface area contributed by atoms with Gasteiger partial charge in [-0.2, -0.15) is 0 Å². The lowest BCUT2D eigenvalue weighted by Gasteiger charge is -2.15. The number of para-hydroxylation sites is 1. The van der Waals surface area contributed by atoms with Gasteiger partial charge in [-0.05, 0) is 51.0 Å². The SMILES string of the molecule is CC(C)=NCc1cc(C)cc(C)c1-n1n[n+](-c2ccccc2)[n-]c1=N. The maximum absolute atomic E-state index is 8.27. The summed E-state index contributed by atoms with van der Waals surface area (Å²) in [5.41, 5.74) is 6.08. The van der Waals surface area contributed by atoms with E-state index in [0.717, 1.165) is 28.2 Å². The van der Waals surface area contributed by atoms with Crippen LogP contribution < -0.4 is 15.5 Å². The van der Waals surface area contributed by atoms with E-state index in [1.54, 1.807) is 4.68 Å². The van der Waals surface area contributed by atoms with Gasteiger partial charge in [-0.3, -0.25) is 9.67 Å². The summed E-state index contributed by atoms with van der Waals surface area (Å²) < 4.78 is 1.58. The smallest absolute Gasteiger partial charge is 0.156 e. The lowest BCUT2D eigenvalue weighted by Crippen LogP contribution is -2.39. The maximum Gasteiger partial charge on any atom is 0.156 e. The van der Waals surface area contributed by atoms with E-state index in [-0.39, 0.29) is 5.62 Å². The number of nitrogens with zero attached hydrogens (tertiary/aromatic N) is 5. The van der Waals surface area contributed by atoms with Crippen molar-refractivity contribution >= 4 is 5.71 Å². The number of aliphatic imine (C=N–C) groups is 1. The minimum absolute atomic E-state index is 0.0919. The Morgan fingerprint density at radius 3 is 2.60 bits per heavy atom. The molecule has 3 rings (SSSR count). The van der Waals surface area contributed by atoms with Crippen molar-refractivity contribution in [2.24, 2.45) is 4.99 Å². The van der Waals surface area contributed by atoms with Crippen LogP contribution in [0.5, 0.6) is 0 Å². The molecule has 0 saturated heterocycles. The van der Waals surface area contributed by atoms with E-state index in [2.05, 4.69) is 34.4 Å². The van der Waals surface area contributed by atoms with Gasteiger partial charge in [0.1, 0.15) is 5.62 Å². The molecule has 0 aliphatic heterocycles. The van der Waals surface area contributed by atoms with Crippen molar-refractivity contribution in [3.63, 3.8) is 0 Å². The van der Waals surface area contributed by atoms with Crippen molar-refractivity contribution in [1.82, 2.24) is 15.0 Å². The summed E-state index contributed by atoms with van der Waals surface area (Å²) in [7, 11) is 0. The van der Waals surface area contributed by atoms with Crippen LogP contribution >= 0.6 is 0 Å². The zero-order valence-electron chi connectivity index (χ0n) is 15.0. The number of tetrazole rings is 1. The Morgan fingerprint density at radius 2 is 1.92 bits per heavy atom. The van der Waals surface area contributed by atoms with E-state index in [4.69, 9.17) is 5.41 Å². The van der Waals surface area contributed by atoms with Crippen LogP contribution in [-0.2, 0) is 6.54 Å². The summed E-state index contributed by atoms with van der Waals surface area (Å²) in [4.78, 5) is 6.03. The highest BCUT2D eigenvalue weighted by Crippen LogP contribution is 2.20. The average Bonchev–Trinajstić information content (AvgIpc) is 2.95. The van der Waals surface area contributed by atoms with Gasteiger partial charge in [0.05, 0.1) is 6.54 Å². The second-order valence-electron chi connectivity index (χ2n) is 6.30. The van der Waals surface area contributed by atoms with Crippen molar-refractivity contribution in [3.8, 4) is 11.4 Å². The molecule has 0 atom stereocenters. The predicted octanol–water partition coefficient (Wildman–Crippen LogP) is 2.18. The van der Waals surface area contributed by atoms with Gasteiger partial charge in [0.15, 0.2) is 5.69 Å². The monoisotopic (exact) mass is 334 g/mol. The van der Waals surface area contributed by atoms with Crippen molar-refractivity contribution in [2.75, 3.05) is 0 Å². The fourth-order valence-electron chi connectivity index (χ4n) is 2.82. The summed E-state index contributed by atoms with van der Waals surface area (Å²) in [6.07, 6.45) is 0. The Morgan fingerprint density at radius 1 is 1.20 bits per heavy atom. The number of aromatic nitrogens is 4. The van der Waals surface area contributed by atoms with Crippen LogP contribution in [-0.4, -0.2) is 15.6 Å². The van der Waals surface area contributed by atoms with E-state index < -0.39 is 0 Å². The Labute approximate surface area is 147 Å². The fourth-order valence-corrected chi connectivity index (χ4v) is 2.82. The zero-order valence-corrected chi connectivity index (χ0v) is 15.0. The number of nitrogens with one attached hydrogen (secondary N) is 1. The van der Waals surface area contributed by atoms with Gasteiger partial charge in [-0.15, -0.1) is 15.1 Å². The third kappa shape index (κ3) is 3.57. The molecular formula is C19H22N6. The van der Waals surface area contributed by atoms with Crippen LogP contribution in [0.1, 0.15) is 30.5 Å². The average molecular weight is 334 g/mol. The van der Waals surface area contributed by atoms with E-state index in [9.17, 15) is 0 Å². The lowest BCUT2D eigenvalue weighted by atomic mass is 10.0. The predicted molar refractivity (Wildman–Crippen MR) is 96.2 cm³/mol. The quantitative estimate of drug-likeness (QED) is 0.587. The highest BCUT2D eigenvalue weighted by Gasteiger charge is 2.10. The van der Waals surface area contributed by atoms with E-state index in [1.807, 2.05) is 51.1 Å². The first-order chi connectivity index (χ1) is 12.0. The van der Waals surface area contributed by atoms with Crippen molar-refractivity contribution in [2.45, 2.75) is 34.2 Å². The fraction of sp³-hybridized carbons (Fsp3) is 0.263. The van der Waals surface area contributed by atoms with Crippen LogP contribution in [0.2, 0.25) is 0 Å². The van der Waals surface area contributed by atoms with Gasteiger partial charge in [0.2, 0.25) is 0 Å². The van der Waals surface area contributed by atoms with Gasteiger partial charge in [0.25, 0.3) is 0 Å². The molecule has 3 aromatic rings. The summed E-state index contributed by atoms with van der Waals surface area (Å²) in [6, 6.07) is 13.8. The summed E-state index contributed by atoms with van der Waals surface area (Å²) >= 11 is 0. The Bertz CT molecular complexity index is 975. The molecule has 0 saturated carbocycles. The van der Waals surface area contributed by atoms with E-state index in [1.165, 1.54) is 10.4 Å². The van der Waals surface area contributed by atoms with Gasteiger partial charge < -0.3 is 5.41 Å². The zero-order chi connectivity index (χ0) is 18.0. The van der Waals surface area contributed by atoms with Gasteiger partial charge in [-0.25, -0.2) is 0 Å². The molecule has 25 heavy (non-hydrogen) atoms. The van der Waals surface area contributed by atoms with Crippen molar-refractivity contribution in [3.05, 3.63) is 64.8 Å². The first-order valence-corrected chi connectivity index (χ1v) is 8.20. The highest BCUT2D eigenvalue weighted by atomic mass is 15.6. The van der Waals surface area contributed by atoms with Crippen LogP contribution in [0.3, 0.4) is 0 Å². The normalized spacial score (nSPS) is 10.7. The molecule has 0 aliphatic carbocycles. The number of aryl methyl sites for hydroxylation is 2. The third-order valence-electron chi connectivity index (χ3n) is 3.85. The molecule has 1 N–H and O–H groups in total. The summed E-state index contributed by atoms with van der Waals surface area (Å²) in [6.45, 7) is 8.62. The van der Waals surface area contributed by atoms with Crippen LogP contribution in [0, 0.1) is 19.3 Å². The number of hydrogen-bond acceptors (Lipinski definition) is 3. The highest BCUT2D eigenvalue weighted by molar-refractivity contribution is 5.79. The topological polar surface area (TPSA) is 72.0 Å². The molecule has 1 aromatic heterocycles. The summed E-state index contributed by atoms with van der Waals surface area (Å²) in [5, 5.41) is 17.0. The molecule has 6 nitrogen and oxygen atoms in total. The van der Waals surface area contributed by atoms with Crippen LogP contribution in [0.15, 0.2) is 47.5 Å². The molecule has 1 heterocycles. The van der Waals surface area contributed by atoms with Crippen LogP contribution in [0.25, 0.3) is 11.4 Å². The van der Waals surface area contributed by atoms with E-state index >= 15 is 0 Å². The molecule has 0 bridgehead atoms. The molecule has 0 unspecified atom stereocenters. The number of rotatable bonds is 4. The molecule has 0 spiro atoms. The van der Waals surface area contributed by atoms with Gasteiger partial charge in [0, 0.05) is 11.4 Å². The van der Waals surface area contributed by atoms with E-state index in [0.29, 0.717) is 6.54 Å².